The summed E-state index contributed by atoms with van der Waals surface area (Å²) in [4.78, 5) is 17.4. The van der Waals surface area contributed by atoms with Gasteiger partial charge in [0.2, 0.25) is 0 Å². The van der Waals surface area contributed by atoms with E-state index < -0.39 is 11.1 Å². The molecule has 1 heterocycles. The summed E-state index contributed by atoms with van der Waals surface area (Å²) in [5, 5.41) is 0. The summed E-state index contributed by atoms with van der Waals surface area (Å²) >= 11 is 2.29. The van der Waals surface area contributed by atoms with Crippen LogP contribution in [0.2, 0.25) is 0 Å². The second-order valence-corrected chi connectivity index (χ2v) is 7.60. The van der Waals surface area contributed by atoms with E-state index in [2.05, 4.69) is 27.4 Å². The number of carbonyl (C=O) groups is 1. The Bertz CT molecular complexity index is 581. The van der Waals surface area contributed by atoms with Crippen molar-refractivity contribution in [1.29, 1.82) is 0 Å². The largest absolute Gasteiger partial charge is 0.444 e. The maximum absolute atomic E-state index is 12.0. The Morgan fingerprint density at radius 1 is 1.43 bits per heavy atom. The van der Waals surface area contributed by atoms with E-state index in [0.717, 1.165) is 9.13 Å². The van der Waals surface area contributed by atoms with Crippen LogP contribution in [-0.4, -0.2) is 35.2 Å². The number of amides is 1. The maximum atomic E-state index is 12.0. The van der Waals surface area contributed by atoms with E-state index in [-0.39, 0.29) is 6.09 Å². The zero-order valence-corrected chi connectivity index (χ0v) is 14.7. The first-order valence-electron chi connectivity index (χ1n) is 6.85. The number of carbonyl (C=O) groups excluding carboxylic acids is 1. The topological polar surface area (TPSA) is 33.9 Å². The third kappa shape index (κ3) is 3.88. The first kappa shape index (κ1) is 16.1. The van der Waals surface area contributed by atoms with Gasteiger partial charge in [-0.1, -0.05) is 18.2 Å². The monoisotopic (exact) mass is 398 g/mol. The highest BCUT2D eigenvalue weighted by molar-refractivity contribution is 14.1. The van der Waals surface area contributed by atoms with E-state index in [0.29, 0.717) is 19.5 Å². The van der Waals surface area contributed by atoms with Crippen LogP contribution < -0.4 is 0 Å². The number of benzene rings is 1. The molecule has 1 fully saturated rings. The van der Waals surface area contributed by atoms with Gasteiger partial charge in [0, 0.05) is 3.57 Å². The molecular weight excluding hydrogens is 379 g/mol. The third-order valence-corrected chi connectivity index (χ3v) is 4.39. The highest BCUT2D eigenvalue weighted by Crippen LogP contribution is 2.32. The molecule has 1 aliphatic rings. The van der Waals surface area contributed by atoms with Crippen molar-refractivity contribution in [2.45, 2.75) is 38.3 Å². The van der Waals surface area contributed by atoms with Crippen LogP contribution in [0.1, 0.15) is 26.3 Å². The molecule has 1 aliphatic heterocycles. The van der Waals surface area contributed by atoms with Crippen molar-refractivity contribution in [3.05, 3.63) is 44.8 Å². The number of likely N-dealkylation sites (tertiary alicyclic amines) is 1. The molecule has 0 atom stereocenters. The summed E-state index contributed by atoms with van der Waals surface area (Å²) in [5.41, 5.74) is 0.165. The van der Waals surface area contributed by atoms with Crippen LogP contribution in [0.15, 0.2) is 24.3 Å². The summed E-state index contributed by atoms with van der Waals surface area (Å²) in [6.07, 6.45) is 0.346. The third-order valence-electron chi connectivity index (χ3n) is 3.34. The van der Waals surface area contributed by atoms with Gasteiger partial charge in [-0.15, -0.1) is 0 Å². The minimum absolute atomic E-state index is 0.329. The normalized spacial score (nSPS) is 16.8. The number of hydrogen-bond acceptors (Lipinski definition) is 2. The smallest absolute Gasteiger partial charge is 0.410 e. The quantitative estimate of drug-likeness (QED) is 0.562. The maximum Gasteiger partial charge on any atom is 0.410 e. The molecule has 0 N–H and O–H groups in total. The van der Waals surface area contributed by atoms with E-state index in [1.807, 2.05) is 45.0 Å². The minimum atomic E-state index is -0.502. The first-order valence-corrected chi connectivity index (χ1v) is 7.92. The van der Waals surface area contributed by atoms with Gasteiger partial charge in [0.25, 0.3) is 5.54 Å². The SMILES string of the molecule is [C-]#[N+]C1(Cc2ccccc2I)CN(C(=O)OC(C)(C)C)C1. The molecule has 0 saturated carbocycles. The lowest BCUT2D eigenvalue weighted by Crippen LogP contribution is -2.63. The van der Waals surface area contributed by atoms with Crippen molar-refractivity contribution < 1.29 is 9.53 Å². The highest BCUT2D eigenvalue weighted by atomic mass is 127. The van der Waals surface area contributed by atoms with Crippen molar-refractivity contribution in [3.63, 3.8) is 0 Å². The molecule has 0 radical (unpaired) electrons. The summed E-state index contributed by atoms with van der Waals surface area (Å²) in [6.45, 7) is 13.9. The molecule has 4 nitrogen and oxygen atoms in total. The van der Waals surface area contributed by atoms with E-state index >= 15 is 0 Å². The second-order valence-electron chi connectivity index (χ2n) is 6.44. The molecule has 1 saturated heterocycles. The number of rotatable bonds is 2. The van der Waals surface area contributed by atoms with Crippen LogP contribution in [0.3, 0.4) is 0 Å². The Morgan fingerprint density at radius 3 is 2.57 bits per heavy atom. The molecule has 5 heteroatoms. The fourth-order valence-electron chi connectivity index (χ4n) is 2.34. The lowest BCUT2D eigenvalue weighted by atomic mass is 9.84. The number of halogens is 1. The van der Waals surface area contributed by atoms with Crippen molar-refractivity contribution >= 4 is 28.7 Å². The zero-order chi connectivity index (χ0) is 15.7. The predicted molar refractivity (Wildman–Crippen MR) is 90.0 cm³/mol. The number of nitrogens with zero attached hydrogens (tertiary/aromatic N) is 2. The lowest BCUT2D eigenvalue weighted by Gasteiger charge is -2.41. The Kier molecular flexibility index (Phi) is 4.47. The van der Waals surface area contributed by atoms with Gasteiger partial charge >= 0.3 is 6.09 Å². The fourth-order valence-corrected chi connectivity index (χ4v) is 2.92. The average molecular weight is 398 g/mol. The van der Waals surface area contributed by atoms with Crippen molar-refractivity contribution in [2.24, 2.45) is 0 Å². The average Bonchev–Trinajstić information content (AvgIpc) is 2.33. The molecule has 112 valence electrons. The van der Waals surface area contributed by atoms with E-state index in [1.54, 1.807) is 4.90 Å². The van der Waals surface area contributed by atoms with Crippen molar-refractivity contribution in [3.8, 4) is 0 Å². The molecule has 1 aromatic rings. The highest BCUT2D eigenvalue weighted by Gasteiger charge is 2.53. The zero-order valence-electron chi connectivity index (χ0n) is 12.5. The predicted octanol–water partition coefficient (Wildman–Crippen LogP) is 3.74. The fraction of sp³-hybridized carbons (Fsp3) is 0.500. The lowest BCUT2D eigenvalue weighted by molar-refractivity contribution is -0.00134. The molecule has 21 heavy (non-hydrogen) atoms. The minimum Gasteiger partial charge on any atom is -0.444 e. The first-order chi connectivity index (χ1) is 9.75. The van der Waals surface area contributed by atoms with E-state index in [4.69, 9.17) is 11.3 Å². The molecule has 1 aromatic carbocycles. The van der Waals surface area contributed by atoms with Gasteiger partial charge in [-0.05, 0) is 55.0 Å². The van der Waals surface area contributed by atoms with E-state index in [1.165, 1.54) is 0 Å². The summed E-state index contributed by atoms with van der Waals surface area (Å²) in [6, 6.07) is 8.06. The molecule has 0 bridgehead atoms. The van der Waals surface area contributed by atoms with Gasteiger partial charge < -0.3 is 9.58 Å². The van der Waals surface area contributed by atoms with Gasteiger partial charge in [0.05, 0.1) is 6.42 Å². The van der Waals surface area contributed by atoms with Gasteiger partial charge in [-0.25, -0.2) is 11.4 Å². The van der Waals surface area contributed by atoms with Gasteiger partial charge in [0.15, 0.2) is 0 Å². The van der Waals surface area contributed by atoms with Crippen LogP contribution >= 0.6 is 22.6 Å². The summed E-state index contributed by atoms with van der Waals surface area (Å²) < 4.78 is 6.50. The molecule has 1 amide bonds. The Labute approximate surface area is 139 Å². The van der Waals surface area contributed by atoms with Crippen LogP contribution in [0, 0.1) is 10.1 Å². The Balaban J connectivity index is 2.00. The standard InChI is InChI=1S/C16H19IN2O2/c1-15(2,3)21-14(20)19-10-16(11-19,18-4)9-12-7-5-6-8-13(12)17/h5-8H,9-11H2,1-3H3. The molecule has 0 aromatic heterocycles. The van der Waals surface area contributed by atoms with Crippen LogP contribution in [0.4, 0.5) is 4.79 Å². The van der Waals surface area contributed by atoms with Gasteiger partial charge in [-0.2, -0.15) is 0 Å². The van der Waals surface area contributed by atoms with Crippen LogP contribution in [0.25, 0.3) is 4.85 Å². The van der Waals surface area contributed by atoms with Crippen LogP contribution in [-0.2, 0) is 11.2 Å². The Hall–Kier alpha value is -1.29. The molecule has 0 unspecified atom stereocenters. The van der Waals surface area contributed by atoms with Gasteiger partial charge in [-0.3, -0.25) is 4.90 Å². The summed E-state index contributed by atoms with van der Waals surface area (Å²) in [5.74, 6) is 0. The molecule has 0 aliphatic carbocycles. The number of ether oxygens (including phenoxy) is 1. The molecular formula is C16H19IN2O2. The van der Waals surface area contributed by atoms with Gasteiger partial charge in [0.1, 0.15) is 18.7 Å². The number of hydrogen-bond donors (Lipinski definition) is 0. The van der Waals surface area contributed by atoms with Crippen LogP contribution in [0.5, 0.6) is 0 Å². The molecule has 0 spiro atoms. The van der Waals surface area contributed by atoms with E-state index in [9.17, 15) is 4.79 Å². The second kappa shape index (κ2) is 5.84. The van der Waals surface area contributed by atoms with Crippen molar-refractivity contribution in [2.75, 3.05) is 13.1 Å². The Morgan fingerprint density at radius 2 is 2.05 bits per heavy atom. The molecule has 2 rings (SSSR count). The summed E-state index contributed by atoms with van der Waals surface area (Å²) in [7, 11) is 0. The van der Waals surface area contributed by atoms with Crippen molar-refractivity contribution in [1.82, 2.24) is 4.90 Å².